The zero-order valence-corrected chi connectivity index (χ0v) is 8.17. The van der Waals surface area contributed by atoms with E-state index >= 15 is 0 Å². The maximum absolute atomic E-state index is 10.9. The summed E-state index contributed by atoms with van der Waals surface area (Å²) in [6.07, 6.45) is 2.51. The first kappa shape index (κ1) is 11.2. The van der Waals surface area contributed by atoms with E-state index in [-0.39, 0.29) is 0 Å². The Morgan fingerprint density at radius 3 is 2.60 bits per heavy atom. The molecule has 0 aliphatic heterocycles. The van der Waals surface area contributed by atoms with Crippen LogP contribution in [0.2, 0.25) is 0 Å². The molecule has 5 nitrogen and oxygen atoms in total. The van der Waals surface area contributed by atoms with Crippen molar-refractivity contribution >= 4 is 11.9 Å². The molecule has 80 valence electrons. The third kappa shape index (κ3) is 2.77. The quantitative estimate of drug-likeness (QED) is 0.773. The molecule has 1 aromatic rings. The molecule has 0 saturated carbocycles. The Bertz CT molecular complexity index is 389. The first-order chi connectivity index (χ1) is 7.02. The monoisotopic (exact) mass is 209 g/mol. The third-order valence-electron chi connectivity index (χ3n) is 2.13. The van der Waals surface area contributed by atoms with Crippen LogP contribution in [0.15, 0.2) is 18.5 Å². The summed E-state index contributed by atoms with van der Waals surface area (Å²) in [5.74, 6) is -3.31. The van der Waals surface area contributed by atoms with Gasteiger partial charge in [0.15, 0.2) is 0 Å². The average Bonchev–Trinajstić information content (AvgIpc) is 2.15. The van der Waals surface area contributed by atoms with E-state index in [1.165, 1.54) is 6.20 Å². The number of aromatic nitrogens is 1. The van der Waals surface area contributed by atoms with Gasteiger partial charge in [0, 0.05) is 12.4 Å². The van der Waals surface area contributed by atoms with Crippen molar-refractivity contribution in [1.82, 2.24) is 4.98 Å². The van der Waals surface area contributed by atoms with Crippen molar-refractivity contribution < 1.29 is 19.8 Å². The van der Waals surface area contributed by atoms with Crippen LogP contribution in [0.3, 0.4) is 0 Å². The minimum Gasteiger partial charge on any atom is -0.481 e. The van der Waals surface area contributed by atoms with Gasteiger partial charge in [-0.25, -0.2) is 0 Å². The topological polar surface area (TPSA) is 87.5 Å². The maximum atomic E-state index is 10.9. The van der Waals surface area contributed by atoms with Crippen LogP contribution in [0.25, 0.3) is 0 Å². The number of nitrogens with zero attached hydrogens (tertiary/aromatic N) is 1. The lowest BCUT2D eigenvalue weighted by Gasteiger charge is -2.11. The molecule has 0 aliphatic carbocycles. The molecule has 0 bridgehead atoms. The Balaban J connectivity index is 3.04. The van der Waals surface area contributed by atoms with Crippen LogP contribution in [0, 0.1) is 6.92 Å². The summed E-state index contributed by atoms with van der Waals surface area (Å²) in [6.45, 7) is 1.73. The first-order valence-corrected chi connectivity index (χ1v) is 4.37. The Labute approximate surface area is 86.4 Å². The summed E-state index contributed by atoms with van der Waals surface area (Å²) < 4.78 is 0. The van der Waals surface area contributed by atoms with Gasteiger partial charge in [-0.05, 0) is 24.1 Å². The van der Waals surface area contributed by atoms with E-state index < -0.39 is 24.3 Å². The molecular weight excluding hydrogens is 198 g/mol. The number of carbonyl (C=O) groups is 2. The second-order valence-electron chi connectivity index (χ2n) is 3.22. The summed E-state index contributed by atoms with van der Waals surface area (Å²) >= 11 is 0. The van der Waals surface area contributed by atoms with Crippen LogP contribution in [0.1, 0.15) is 23.5 Å². The van der Waals surface area contributed by atoms with E-state index in [0.717, 1.165) is 5.56 Å². The Morgan fingerprint density at radius 2 is 2.13 bits per heavy atom. The molecule has 2 N–H and O–H groups in total. The van der Waals surface area contributed by atoms with Gasteiger partial charge in [0.2, 0.25) is 0 Å². The second-order valence-corrected chi connectivity index (χ2v) is 3.22. The van der Waals surface area contributed by atoms with E-state index in [1.54, 1.807) is 19.2 Å². The summed E-state index contributed by atoms with van der Waals surface area (Å²) in [5, 5.41) is 17.5. The summed E-state index contributed by atoms with van der Waals surface area (Å²) in [7, 11) is 0. The molecule has 1 unspecified atom stereocenters. The summed E-state index contributed by atoms with van der Waals surface area (Å²) in [5.41, 5.74) is 1.19. The normalized spacial score (nSPS) is 12.1. The van der Waals surface area contributed by atoms with Gasteiger partial charge in [0.05, 0.1) is 12.3 Å². The number of hydrogen-bond donors (Lipinski definition) is 2. The van der Waals surface area contributed by atoms with Crippen LogP contribution < -0.4 is 0 Å². The predicted molar refractivity (Wildman–Crippen MR) is 51.6 cm³/mol. The van der Waals surface area contributed by atoms with Gasteiger partial charge in [-0.3, -0.25) is 14.6 Å². The smallest absolute Gasteiger partial charge is 0.311 e. The fourth-order valence-corrected chi connectivity index (χ4v) is 1.35. The minimum absolute atomic E-state index is 0.429. The highest BCUT2D eigenvalue weighted by Crippen LogP contribution is 2.22. The van der Waals surface area contributed by atoms with Gasteiger partial charge in [-0.15, -0.1) is 0 Å². The van der Waals surface area contributed by atoms with E-state index in [1.807, 2.05) is 0 Å². The molecular formula is C10H11NO4. The minimum atomic E-state index is -1.14. The second kappa shape index (κ2) is 4.54. The van der Waals surface area contributed by atoms with Crippen molar-refractivity contribution in [3.63, 3.8) is 0 Å². The zero-order valence-electron chi connectivity index (χ0n) is 8.17. The number of carboxylic acids is 2. The molecule has 1 aromatic heterocycles. The van der Waals surface area contributed by atoms with Crippen LogP contribution in [0.5, 0.6) is 0 Å². The van der Waals surface area contributed by atoms with Crippen molar-refractivity contribution in [1.29, 1.82) is 0 Å². The van der Waals surface area contributed by atoms with E-state index in [9.17, 15) is 9.59 Å². The number of carboxylic acid groups (broad SMARTS) is 2. The average molecular weight is 209 g/mol. The van der Waals surface area contributed by atoms with Gasteiger partial charge < -0.3 is 10.2 Å². The SMILES string of the molecule is Cc1ccncc1C(CC(=O)O)C(=O)O. The largest absolute Gasteiger partial charge is 0.481 e. The molecule has 0 fully saturated rings. The van der Waals surface area contributed by atoms with Crippen molar-refractivity contribution in [2.75, 3.05) is 0 Å². The number of rotatable bonds is 4. The van der Waals surface area contributed by atoms with Gasteiger partial charge in [0.25, 0.3) is 0 Å². The predicted octanol–water partition coefficient (Wildman–Crippen LogP) is 1.03. The lowest BCUT2D eigenvalue weighted by Crippen LogP contribution is -2.17. The van der Waals surface area contributed by atoms with E-state index in [4.69, 9.17) is 10.2 Å². The lowest BCUT2D eigenvalue weighted by atomic mass is 9.94. The van der Waals surface area contributed by atoms with Crippen LogP contribution in [0.4, 0.5) is 0 Å². The molecule has 0 spiro atoms. The van der Waals surface area contributed by atoms with Gasteiger partial charge in [-0.1, -0.05) is 0 Å². The lowest BCUT2D eigenvalue weighted by molar-refractivity contribution is -0.145. The van der Waals surface area contributed by atoms with Gasteiger partial charge in [0.1, 0.15) is 0 Å². The molecule has 1 atom stereocenters. The number of pyridine rings is 1. The maximum Gasteiger partial charge on any atom is 0.311 e. The molecule has 0 radical (unpaired) electrons. The molecule has 0 aliphatic rings. The van der Waals surface area contributed by atoms with E-state index in [2.05, 4.69) is 4.98 Å². The van der Waals surface area contributed by atoms with Gasteiger partial charge >= 0.3 is 11.9 Å². The number of aryl methyl sites for hydroxylation is 1. The first-order valence-electron chi connectivity index (χ1n) is 4.37. The third-order valence-corrected chi connectivity index (χ3v) is 2.13. The molecule has 0 aromatic carbocycles. The molecule has 1 rings (SSSR count). The number of hydrogen-bond acceptors (Lipinski definition) is 3. The molecule has 0 saturated heterocycles. The molecule has 1 heterocycles. The fraction of sp³-hybridized carbons (Fsp3) is 0.300. The van der Waals surface area contributed by atoms with Crippen molar-refractivity contribution in [3.8, 4) is 0 Å². The number of aliphatic carboxylic acids is 2. The Kier molecular flexibility index (Phi) is 3.38. The van der Waals surface area contributed by atoms with Crippen molar-refractivity contribution in [2.45, 2.75) is 19.3 Å². The van der Waals surface area contributed by atoms with Crippen molar-refractivity contribution in [3.05, 3.63) is 29.6 Å². The standard InChI is InChI=1S/C10H11NO4/c1-6-2-3-11-5-8(6)7(10(14)15)4-9(12)13/h2-3,5,7H,4H2,1H3,(H,12,13)(H,14,15). The van der Waals surface area contributed by atoms with Gasteiger partial charge in [-0.2, -0.15) is 0 Å². The summed E-state index contributed by atoms with van der Waals surface area (Å²) in [6, 6.07) is 1.66. The summed E-state index contributed by atoms with van der Waals surface area (Å²) in [4.78, 5) is 25.2. The Morgan fingerprint density at radius 1 is 1.47 bits per heavy atom. The van der Waals surface area contributed by atoms with E-state index in [0.29, 0.717) is 5.56 Å². The highest BCUT2D eigenvalue weighted by Gasteiger charge is 2.24. The van der Waals surface area contributed by atoms with Crippen LogP contribution in [-0.2, 0) is 9.59 Å². The molecule has 15 heavy (non-hydrogen) atoms. The van der Waals surface area contributed by atoms with Crippen molar-refractivity contribution in [2.24, 2.45) is 0 Å². The molecule has 0 amide bonds. The highest BCUT2D eigenvalue weighted by molar-refractivity contribution is 5.82. The van der Waals surface area contributed by atoms with Crippen LogP contribution in [-0.4, -0.2) is 27.1 Å². The van der Waals surface area contributed by atoms with Crippen LogP contribution >= 0.6 is 0 Å². The Hall–Kier alpha value is -1.91. The zero-order chi connectivity index (χ0) is 11.4. The molecule has 5 heteroatoms. The fourth-order valence-electron chi connectivity index (χ4n) is 1.35. The highest BCUT2D eigenvalue weighted by atomic mass is 16.4.